The van der Waals surface area contributed by atoms with Crippen LogP contribution in [0, 0.1) is 11.8 Å². The average molecular weight is 726 g/mol. The van der Waals surface area contributed by atoms with Gasteiger partial charge in [-0.15, -0.1) is 0 Å². The van der Waals surface area contributed by atoms with Gasteiger partial charge in [0.15, 0.2) is 5.96 Å². The van der Waals surface area contributed by atoms with Crippen LogP contribution in [0.25, 0.3) is 0 Å². The van der Waals surface area contributed by atoms with E-state index in [4.69, 9.17) is 28.7 Å². The number of hydrogen-bond donors (Lipinski definition) is 10. The Kier molecular flexibility index (Phi) is 18.3. The third-order valence-corrected chi connectivity index (χ3v) is 8.49. The molecular formula is C31H55N11O9. The number of aliphatic carboxylic acids is 1. The van der Waals surface area contributed by atoms with Gasteiger partial charge in [0.05, 0.1) is 12.5 Å². The first kappa shape index (κ1) is 44.0. The number of nitrogens with two attached hydrogens (primary N) is 5. The van der Waals surface area contributed by atoms with Crippen LogP contribution < -0.4 is 49.9 Å². The van der Waals surface area contributed by atoms with E-state index in [1.807, 2.05) is 0 Å². The molecule has 0 aromatic heterocycles. The molecular weight excluding hydrogens is 670 g/mol. The van der Waals surface area contributed by atoms with Crippen LogP contribution >= 0.6 is 0 Å². The van der Waals surface area contributed by atoms with Gasteiger partial charge in [-0.25, -0.2) is 4.79 Å². The fourth-order valence-electron chi connectivity index (χ4n) is 5.37. The van der Waals surface area contributed by atoms with Gasteiger partial charge in [-0.2, -0.15) is 0 Å². The van der Waals surface area contributed by atoms with Gasteiger partial charge >= 0.3 is 5.97 Å². The highest BCUT2D eigenvalue weighted by molar-refractivity contribution is 5.97. The van der Waals surface area contributed by atoms with Crippen LogP contribution in [0.15, 0.2) is 4.99 Å². The molecule has 1 aliphatic heterocycles. The lowest BCUT2D eigenvalue weighted by Crippen LogP contribution is -2.61. The number of amides is 7. The smallest absolute Gasteiger partial charge is 0.326 e. The van der Waals surface area contributed by atoms with Crippen molar-refractivity contribution in [2.45, 2.75) is 115 Å². The fraction of sp³-hybridized carbons (Fsp3) is 0.710. The molecule has 15 N–H and O–H groups in total. The van der Waals surface area contributed by atoms with Gasteiger partial charge in [0, 0.05) is 19.5 Å². The van der Waals surface area contributed by atoms with Crippen molar-refractivity contribution in [1.29, 1.82) is 0 Å². The van der Waals surface area contributed by atoms with Gasteiger partial charge in [0.1, 0.15) is 30.2 Å². The summed E-state index contributed by atoms with van der Waals surface area (Å²) in [6, 6.07) is -7.36. The minimum atomic E-state index is -1.38. The lowest BCUT2D eigenvalue weighted by atomic mass is 9.96. The van der Waals surface area contributed by atoms with Crippen molar-refractivity contribution in [2.75, 3.05) is 13.1 Å². The summed E-state index contributed by atoms with van der Waals surface area (Å²) < 4.78 is 0. The van der Waals surface area contributed by atoms with Gasteiger partial charge in [0.2, 0.25) is 41.4 Å². The monoisotopic (exact) mass is 725 g/mol. The highest BCUT2D eigenvalue weighted by Crippen LogP contribution is 2.21. The quantitative estimate of drug-likeness (QED) is 0.0292. The summed E-state index contributed by atoms with van der Waals surface area (Å²) in [5.74, 6) is -7.70. The average Bonchev–Trinajstić information content (AvgIpc) is 3.54. The van der Waals surface area contributed by atoms with Crippen molar-refractivity contribution in [3.8, 4) is 0 Å². The maximum Gasteiger partial charge on any atom is 0.326 e. The second-order valence-corrected chi connectivity index (χ2v) is 13.0. The van der Waals surface area contributed by atoms with Gasteiger partial charge in [0.25, 0.3) is 0 Å². The van der Waals surface area contributed by atoms with Gasteiger partial charge in [-0.05, 0) is 43.9 Å². The standard InChI is InChI=1S/C31H55N11O9/c1-5-16(4)24(41-25(45)17(32)14-22(34)44)28(48)38-18(10-11-21(33)43)26(46)40-23(15(2)3)29(49)42-13-7-9-20(42)27(47)39-19(30(50)51)8-6-12-37-31(35)36/h15-20,23-24H,5-14,32H2,1-4H3,(H2,33,43)(H2,34,44)(H,38,48)(H,39,47)(H,40,46)(H,41,45)(H,50,51)(H4,35,36,37)/t16-,17-,18-,19-,20-,23-,24-/m0/s1. The van der Waals surface area contributed by atoms with Crippen LogP contribution in [0.1, 0.15) is 79.1 Å². The second-order valence-electron chi connectivity index (χ2n) is 13.0. The molecule has 0 unspecified atom stereocenters. The van der Waals surface area contributed by atoms with Crippen molar-refractivity contribution in [1.82, 2.24) is 26.2 Å². The molecule has 7 atom stereocenters. The number of guanidine groups is 1. The number of hydrogen-bond acceptors (Lipinski definition) is 10. The highest BCUT2D eigenvalue weighted by atomic mass is 16.4. The number of carbonyl (C=O) groups is 8. The summed E-state index contributed by atoms with van der Waals surface area (Å²) in [6.45, 7) is 7.07. The van der Waals surface area contributed by atoms with Crippen molar-refractivity contribution in [2.24, 2.45) is 45.5 Å². The van der Waals surface area contributed by atoms with E-state index in [1.54, 1.807) is 27.7 Å². The number of nitrogens with zero attached hydrogens (tertiary/aromatic N) is 2. The molecule has 0 bridgehead atoms. The minimum Gasteiger partial charge on any atom is -0.480 e. The molecule has 1 rings (SSSR count). The van der Waals surface area contributed by atoms with Crippen molar-refractivity contribution < 1.29 is 43.5 Å². The van der Waals surface area contributed by atoms with Gasteiger partial charge < -0.3 is 59.9 Å². The van der Waals surface area contributed by atoms with Crippen molar-refractivity contribution in [3.63, 3.8) is 0 Å². The van der Waals surface area contributed by atoms with Crippen LogP contribution in [-0.2, 0) is 38.4 Å². The Hall–Kier alpha value is -5.01. The minimum absolute atomic E-state index is 0.0311. The summed E-state index contributed by atoms with van der Waals surface area (Å²) >= 11 is 0. The molecule has 51 heavy (non-hydrogen) atoms. The molecule has 288 valence electrons. The van der Waals surface area contributed by atoms with Crippen LogP contribution in [0.2, 0.25) is 0 Å². The number of carboxylic acid groups (broad SMARTS) is 1. The van der Waals surface area contributed by atoms with E-state index in [2.05, 4.69) is 26.3 Å². The SMILES string of the molecule is CC[C@H](C)[C@H](NC(=O)[C@@H](N)CC(N)=O)C(=O)N[C@@H](CCC(N)=O)C(=O)N[C@H](C(=O)N1CCC[C@H]1C(=O)N[C@@H](CCCN=C(N)N)C(=O)O)C(C)C. The van der Waals surface area contributed by atoms with E-state index in [9.17, 15) is 43.5 Å². The van der Waals surface area contributed by atoms with E-state index < -0.39 is 102 Å². The van der Waals surface area contributed by atoms with E-state index in [0.29, 0.717) is 12.8 Å². The molecule has 0 aliphatic carbocycles. The fourth-order valence-corrected chi connectivity index (χ4v) is 5.37. The molecule has 1 saturated heterocycles. The first-order chi connectivity index (χ1) is 23.8. The summed E-state index contributed by atoms with van der Waals surface area (Å²) in [7, 11) is 0. The van der Waals surface area contributed by atoms with E-state index >= 15 is 0 Å². The lowest BCUT2D eigenvalue weighted by Gasteiger charge is -2.32. The second kappa shape index (κ2) is 21.3. The third kappa shape index (κ3) is 14.8. The third-order valence-electron chi connectivity index (χ3n) is 8.49. The van der Waals surface area contributed by atoms with Crippen LogP contribution in [0.3, 0.4) is 0 Å². The molecule has 1 fully saturated rings. The van der Waals surface area contributed by atoms with Crippen LogP contribution in [0.5, 0.6) is 0 Å². The Bertz CT molecular complexity index is 1310. The predicted molar refractivity (Wildman–Crippen MR) is 185 cm³/mol. The molecule has 7 amide bonds. The molecule has 0 saturated carbocycles. The number of carboxylic acids is 1. The van der Waals surface area contributed by atoms with E-state index in [1.165, 1.54) is 4.90 Å². The number of carbonyl (C=O) groups excluding carboxylic acids is 7. The maximum absolute atomic E-state index is 13.9. The molecule has 1 aliphatic rings. The molecule has 20 nitrogen and oxygen atoms in total. The number of rotatable bonds is 22. The number of nitrogens with one attached hydrogen (secondary N) is 4. The Morgan fingerprint density at radius 3 is 1.98 bits per heavy atom. The Morgan fingerprint density at radius 1 is 0.824 bits per heavy atom. The topological polar surface area (TPSA) is 351 Å². The van der Waals surface area contributed by atoms with Crippen LogP contribution in [0.4, 0.5) is 0 Å². The van der Waals surface area contributed by atoms with Gasteiger partial charge in [-0.1, -0.05) is 34.1 Å². The molecule has 0 aromatic carbocycles. The first-order valence-corrected chi connectivity index (χ1v) is 16.9. The van der Waals surface area contributed by atoms with Gasteiger partial charge in [-0.3, -0.25) is 38.6 Å². The Morgan fingerprint density at radius 2 is 1.45 bits per heavy atom. The zero-order valence-electron chi connectivity index (χ0n) is 29.7. The highest BCUT2D eigenvalue weighted by Gasteiger charge is 2.40. The number of primary amides is 2. The van der Waals surface area contributed by atoms with E-state index in [0.717, 1.165) is 0 Å². The zero-order chi connectivity index (χ0) is 39.0. The van der Waals surface area contributed by atoms with E-state index in [-0.39, 0.29) is 51.2 Å². The van der Waals surface area contributed by atoms with Crippen molar-refractivity contribution >= 4 is 53.3 Å². The van der Waals surface area contributed by atoms with Crippen molar-refractivity contribution in [3.05, 3.63) is 0 Å². The molecule has 0 radical (unpaired) electrons. The number of aliphatic imine (C=N–C) groups is 1. The molecule has 1 heterocycles. The maximum atomic E-state index is 13.9. The largest absolute Gasteiger partial charge is 0.480 e. The summed E-state index contributed by atoms with van der Waals surface area (Å²) in [6.07, 6.45) is 0.384. The summed E-state index contributed by atoms with van der Waals surface area (Å²) in [5, 5.41) is 19.8. The Labute approximate surface area is 296 Å². The normalized spacial score (nSPS) is 17.5. The molecule has 0 spiro atoms. The number of likely N-dealkylation sites (tertiary alicyclic amines) is 1. The summed E-state index contributed by atoms with van der Waals surface area (Å²) in [5.41, 5.74) is 26.8. The lowest BCUT2D eigenvalue weighted by molar-refractivity contribution is -0.145. The predicted octanol–water partition coefficient (Wildman–Crippen LogP) is -3.77. The summed E-state index contributed by atoms with van der Waals surface area (Å²) in [4.78, 5) is 107. The Balaban J connectivity index is 3.18. The first-order valence-electron chi connectivity index (χ1n) is 16.9. The van der Waals surface area contributed by atoms with Crippen LogP contribution in [-0.4, -0.2) is 113 Å². The zero-order valence-corrected chi connectivity index (χ0v) is 29.7. The molecule has 20 heteroatoms. The molecule has 0 aromatic rings.